The average Bonchev–Trinajstić information content (AvgIpc) is 3.08. The Morgan fingerprint density at radius 2 is 2.00 bits per heavy atom. The second kappa shape index (κ2) is 8.59. The molecule has 148 valence electrons. The number of rotatable bonds is 3. The molecule has 1 aliphatic rings. The number of guanidine groups is 1. The van der Waals surface area contributed by atoms with Crippen molar-refractivity contribution < 1.29 is 8.42 Å². The lowest BCUT2D eigenvalue weighted by Gasteiger charge is -2.39. The van der Waals surface area contributed by atoms with E-state index in [1.165, 1.54) is 0 Å². The van der Waals surface area contributed by atoms with E-state index in [0.29, 0.717) is 25.6 Å². The van der Waals surface area contributed by atoms with Crippen LogP contribution in [0.1, 0.15) is 19.4 Å². The molecular formula is C18H26IN5O2S. The van der Waals surface area contributed by atoms with E-state index in [2.05, 4.69) is 15.4 Å². The van der Waals surface area contributed by atoms with E-state index >= 15 is 0 Å². The highest BCUT2D eigenvalue weighted by Gasteiger charge is 2.40. The van der Waals surface area contributed by atoms with E-state index in [-0.39, 0.29) is 29.7 Å². The van der Waals surface area contributed by atoms with Gasteiger partial charge in [0.25, 0.3) is 0 Å². The Morgan fingerprint density at radius 3 is 2.63 bits per heavy atom. The summed E-state index contributed by atoms with van der Waals surface area (Å²) in [4.78, 5) is 6.32. The van der Waals surface area contributed by atoms with Crippen molar-refractivity contribution in [3.63, 3.8) is 0 Å². The summed E-state index contributed by atoms with van der Waals surface area (Å²) in [5, 5.41) is 7.70. The number of aromatic nitrogens is 2. The van der Waals surface area contributed by atoms with Crippen LogP contribution in [0, 0.1) is 0 Å². The van der Waals surface area contributed by atoms with Crippen molar-refractivity contribution in [3.8, 4) is 5.69 Å². The van der Waals surface area contributed by atoms with Crippen molar-refractivity contribution in [2.45, 2.75) is 25.1 Å². The van der Waals surface area contributed by atoms with Crippen LogP contribution in [-0.4, -0.2) is 59.7 Å². The van der Waals surface area contributed by atoms with Crippen molar-refractivity contribution in [1.29, 1.82) is 0 Å². The lowest BCUT2D eigenvalue weighted by Crippen LogP contribution is -2.57. The molecule has 0 radical (unpaired) electrons. The molecule has 3 rings (SSSR count). The number of halogens is 1. The average molecular weight is 503 g/mol. The van der Waals surface area contributed by atoms with E-state index < -0.39 is 14.6 Å². The highest BCUT2D eigenvalue weighted by molar-refractivity contribution is 14.0. The Hall–Kier alpha value is -1.62. The number of para-hydroxylation sites is 1. The summed E-state index contributed by atoms with van der Waals surface area (Å²) in [6.07, 6.45) is 3.79. The van der Waals surface area contributed by atoms with Gasteiger partial charge in [-0.2, -0.15) is 5.10 Å². The Bertz CT molecular complexity index is 893. The molecule has 1 fully saturated rings. The van der Waals surface area contributed by atoms with Crippen LogP contribution in [0.3, 0.4) is 0 Å². The van der Waals surface area contributed by atoms with Gasteiger partial charge in [0.2, 0.25) is 0 Å². The molecule has 0 bridgehead atoms. The van der Waals surface area contributed by atoms with Gasteiger partial charge in [-0.1, -0.05) is 18.2 Å². The molecule has 0 atom stereocenters. The van der Waals surface area contributed by atoms with Crippen molar-refractivity contribution in [2.75, 3.05) is 25.9 Å². The molecule has 1 saturated heterocycles. The first-order valence-electron chi connectivity index (χ1n) is 8.59. The van der Waals surface area contributed by atoms with Gasteiger partial charge in [-0.25, -0.2) is 13.1 Å². The standard InChI is InChI=1S/C18H25N5O2S.HI/c1-18(2)14-22(9-10-26(18,24)25)17(19-3)20-11-15-12-21-23(13-15)16-7-5-4-6-8-16;/h4-8,12-13H,9-11,14H2,1-3H3,(H,19,20);1H. The fourth-order valence-electron chi connectivity index (χ4n) is 3.01. The maximum atomic E-state index is 12.2. The molecule has 0 saturated carbocycles. The third-order valence-corrected chi connectivity index (χ3v) is 7.20. The SMILES string of the molecule is CN=C(NCc1cnn(-c2ccccc2)c1)N1CCS(=O)(=O)C(C)(C)C1.I. The van der Waals surface area contributed by atoms with Crippen LogP contribution in [0.4, 0.5) is 0 Å². The lowest BCUT2D eigenvalue weighted by atomic mass is 10.2. The zero-order valence-electron chi connectivity index (χ0n) is 15.8. The molecule has 0 spiro atoms. The normalized spacial score (nSPS) is 18.6. The van der Waals surface area contributed by atoms with Crippen molar-refractivity contribution in [3.05, 3.63) is 48.3 Å². The second-order valence-corrected chi connectivity index (χ2v) is 9.77. The first-order chi connectivity index (χ1) is 12.3. The molecule has 9 heteroatoms. The highest BCUT2D eigenvalue weighted by Crippen LogP contribution is 2.23. The van der Waals surface area contributed by atoms with Crippen LogP contribution < -0.4 is 5.32 Å². The number of benzene rings is 1. The Labute approximate surface area is 177 Å². The molecule has 2 aromatic rings. The third kappa shape index (κ3) is 4.81. The van der Waals surface area contributed by atoms with Crippen LogP contribution in [0.5, 0.6) is 0 Å². The van der Waals surface area contributed by atoms with Gasteiger partial charge < -0.3 is 10.2 Å². The number of nitrogens with zero attached hydrogens (tertiary/aromatic N) is 4. The molecule has 1 N–H and O–H groups in total. The fourth-order valence-corrected chi connectivity index (χ4v) is 4.38. The first kappa shape index (κ1) is 21.7. The quantitative estimate of drug-likeness (QED) is 0.394. The van der Waals surface area contributed by atoms with E-state index in [0.717, 1.165) is 11.3 Å². The van der Waals surface area contributed by atoms with Gasteiger partial charge >= 0.3 is 0 Å². The summed E-state index contributed by atoms with van der Waals surface area (Å²) >= 11 is 0. The molecular weight excluding hydrogens is 477 g/mol. The van der Waals surface area contributed by atoms with Crippen LogP contribution >= 0.6 is 24.0 Å². The number of hydrogen-bond donors (Lipinski definition) is 1. The monoisotopic (exact) mass is 503 g/mol. The molecule has 2 heterocycles. The Kier molecular flexibility index (Phi) is 6.90. The van der Waals surface area contributed by atoms with E-state index in [9.17, 15) is 8.42 Å². The molecule has 7 nitrogen and oxygen atoms in total. The van der Waals surface area contributed by atoms with Gasteiger partial charge in [-0.15, -0.1) is 24.0 Å². The summed E-state index contributed by atoms with van der Waals surface area (Å²) in [6.45, 7) is 4.99. The van der Waals surface area contributed by atoms with Crippen LogP contribution in [0.15, 0.2) is 47.7 Å². The van der Waals surface area contributed by atoms with E-state index in [1.807, 2.05) is 52.3 Å². The Morgan fingerprint density at radius 1 is 1.30 bits per heavy atom. The minimum Gasteiger partial charge on any atom is -0.352 e. The van der Waals surface area contributed by atoms with Crippen LogP contribution in [-0.2, 0) is 16.4 Å². The zero-order valence-corrected chi connectivity index (χ0v) is 18.9. The summed E-state index contributed by atoms with van der Waals surface area (Å²) in [7, 11) is -1.35. The minimum atomic E-state index is -3.07. The van der Waals surface area contributed by atoms with Gasteiger partial charge in [0, 0.05) is 38.4 Å². The summed E-state index contributed by atoms with van der Waals surface area (Å²) in [5.74, 6) is 0.854. The largest absolute Gasteiger partial charge is 0.352 e. The molecule has 0 amide bonds. The zero-order chi connectivity index (χ0) is 18.8. The molecule has 1 aliphatic heterocycles. The Balaban J connectivity index is 0.00000261. The highest BCUT2D eigenvalue weighted by atomic mass is 127. The molecule has 27 heavy (non-hydrogen) atoms. The smallest absolute Gasteiger partial charge is 0.193 e. The fraction of sp³-hybridized carbons (Fsp3) is 0.444. The van der Waals surface area contributed by atoms with Crippen LogP contribution in [0.2, 0.25) is 0 Å². The van der Waals surface area contributed by atoms with Gasteiger partial charge in [-0.05, 0) is 26.0 Å². The van der Waals surface area contributed by atoms with E-state index in [1.54, 1.807) is 20.9 Å². The van der Waals surface area contributed by atoms with E-state index in [4.69, 9.17) is 0 Å². The second-order valence-electron chi connectivity index (χ2n) is 7.03. The lowest BCUT2D eigenvalue weighted by molar-refractivity contribution is 0.353. The number of hydrogen-bond acceptors (Lipinski definition) is 4. The first-order valence-corrected chi connectivity index (χ1v) is 10.2. The van der Waals surface area contributed by atoms with Crippen LogP contribution in [0.25, 0.3) is 5.69 Å². The number of aliphatic imine (C=N–C) groups is 1. The third-order valence-electron chi connectivity index (χ3n) is 4.66. The van der Waals surface area contributed by atoms with Crippen molar-refractivity contribution in [2.24, 2.45) is 4.99 Å². The number of sulfone groups is 1. The van der Waals surface area contributed by atoms with Crippen molar-refractivity contribution in [1.82, 2.24) is 20.0 Å². The predicted molar refractivity (Wildman–Crippen MR) is 119 cm³/mol. The number of nitrogens with one attached hydrogen (secondary N) is 1. The van der Waals surface area contributed by atoms with Gasteiger partial charge in [0.15, 0.2) is 15.8 Å². The summed E-state index contributed by atoms with van der Waals surface area (Å²) in [6, 6.07) is 9.92. The minimum absolute atomic E-state index is 0. The van der Waals surface area contributed by atoms with Gasteiger partial charge in [0.1, 0.15) is 0 Å². The maximum Gasteiger partial charge on any atom is 0.193 e. The molecule has 1 aromatic carbocycles. The van der Waals surface area contributed by atoms with Gasteiger partial charge in [-0.3, -0.25) is 4.99 Å². The molecule has 0 unspecified atom stereocenters. The van der Waals surface area contributed by atoms with Crippen molar-refractivity contribution >= 4 is 39.8 Å². The predicted octanol–water partition coefficient (Wildman–Crippen LogP) is 2.07. The molecule has 0 aliphatic carbocycles. The summed E-state index contributed by atoms with van der Waals surface area (Å²) in [5.41, 5.74) is 2.03. The summed E-state index contributed by atoms with van der Waals surface area (Å²) < 4.78 is 25.4. The van der Waals surface area contributed by atoms with Gasteiger partial charge in [0.05, 0.1) is 22.4 Å². The molecule has 1 aromatic heterocycles. The topological polar surface area (TPSA) is 79.6 Å². The maximum absolute atomic E-state index is 12.2.